The topological polar surface area (TPSA) is 383 Å². The summed E-state index contributed by atoms with van der Waals surface area (Å²) in [4.78, 5) is 77.4. The molecule has 0 spiro atoms. The van der Waals surface area contributed by atoms with Gasteiger partial charge in [0.1, 0.15) is 37.0 Å². The standard InChI is InChI=1S/C13H21N5S.C12H19N5S.2C11H17N5S.2C10H15N5S.C9H13N5S/c1-10-14-12(16(2)3)18(5)13(15-10)17(4)8-11-6-7-19-9-11;1-9-13-11(16(2)3)15-12(14-9)17(4)7-10-5-6-18-8-10;1-8-13-10(15-11(14-8)16(2)3)12-6-9-4-5-17-7-9;1-8-13-10(12-2)15-11(14-8)16(3)6-9-4-5-17-7-9;1-7-12-9(11)14-10(13-7)15(2)5-8-3-4-16-6-8;1-7-13-9(11-2)15-10(14-7)12-5-8-3-4-16-6-8;1-6-12-8(10)14-9(13-6)11-4-7-2-3-15-5-7/h6-7,9-10H,8H2,1-5H3;5-6,8-9H,7H2,1-4H3,(H,13,14,15);2*4-5,7-8H,6H2,1-3H3,(H2,12,13,14,15);3-4,6-7H,5H2,1-2H3,(H3,11,12,13,14);3-4,6-7H,5H2,1-2H3,(H3,11,12,13,14,15);2-3,5-6H,4H2,1H3,(H4,10,11,12,13,14). The molecule has 0 saturated carbocycles. The fraction of sp³-hybridized carbons (Fsp3) is 0.447. The van der Waals surface area contributed by atoms with Gasteiger partial charge in [-0.3, -0.25) is 46.8 Å². The van der Waals surface area contributed by atoms with Crippen molar-refractivity contribution in [2.24, 2.45) is 81.4 Å². The zero-order chi connectivity index (χ0) is 85.2. The Hall–Kier alpha value is -10.9. The van der Waals surface area contributed by atoms with Gasteiger partial charge in [-0.25, -0.2) is 59.9 Å². The second-order valence-corrected chi connectivity index (χ2v) is 33.5. The van der Waals surface area contributed by atoms with Crippen LogP contribution in [0.4, 0.5) is 0 Å². The molecule has 7 aromatic heterocycles. The lowest BCUT2D eigenvalue weighted by Gasteiger charge is -2.35. The molecule has 1 saturated heterocycles. The summed E-state index contributed by atoms with van der Waals surface area (Å²) in [7, 11) is 25.5. The first kappa shape index (κ1) is 92.6. The molecule has 7 atom stereocenters. The van der Waals surface area contributed by atoms with Crippen molar-refractivity contribution in [2.75, 3.05) is 91.6 Å². The number of aliphatic imine (C=N–C) groups is 14. The lowest BCUT2D eigenvalue weighted by molar-refractivity contribution is 0.405. The Balaban J connectivity index is 0.000000172. The first-order valence-electron chi connectivity index (χ1n) is 38.0. The van der Waals surface area contributed by atoms with Crippen LogP contribution in [0.3, 0.4) is 0 Å². The number of thiophene rings is 7. The summed E-state index contributed by atoms with van der Waals surface area (Å²) in [5, 5.41) is 63.6. The van der Waals surface area contributed by atoms with E-state index in [-0.39, 0.29) is 43.2 Å². The molecule has 14 heterocycles. The van der Waals surface area contributed by atoms with Crippen molar-refractivity contribution < 1.29 is 0 Å². The Morgan fingerprint density at radius 2 is 0.644 bits per heavy atom. The monoisotopic (exact) mass is 1740 g/mol. The molecule has 118 heavy (non-hydrogen) atoms. The van der Waals surface area contributed by atoms with E-state index in [1.165, 1.54) is 38.9 Å². The Labute approximate surface area is 722 Å². The van der Waals surface area contributed by atoms with Gasteiger partial charge in [-0.05, 0) is 205 Å². The molecule has 42 heteroatoms. The van der Waals surface area contributed by atoms with E-state index in [2.05, 4.69) is 263 Å². The number of nitrogens with two attached hydrogens (primary N) is 2. The smallest absolute Gasteiger partial charge is 0.205 e. The molecular weight excluding hydrogens is 1630 g/mol. The van der Waals surface area contributed by atoms with Crippen molar-refractivity contribution in [3.63, 3.8) is 0 Å². The van der Waals surface area contributed by atoms with Crippen LogP contribution in [0.2, 0.25) is 0 Å². The Morgan fingerprint density at radius 3 is 1.05 bits per heavy atom. The second kappa shape index (κ2) is 47.5. The lowest BCUT2D eigenvalue weighted by atomic mass is 10.3. The van der Waals surface area contributed by atoms with E-state index in [9.17, 15) is 0 Å². The highest BCUT2D eigenvalue weighted by atomic mass is 32.1. The lowest BCUT2D eigenvalue weighted by Crippen LogP contribution is -2.61. The zero-order valence-electron chi connectivity index (χ0n) is 71.0. The van der Waals surface area contributed by atoms with Gasteiger partial charge in [0.15, 0.2) is 41.7 Å². The van der Waals surface area contributed by atoms with Gasteiger partial charge in [0.25, 0.3) is 0 Å². The van der Waals surface area contributed by atoms with Crippen molar-refractivity contribution in [3.8, 4) is 0 Å². The molecular formula is C76H117N35S7. The van der Waals surface area contributed by atoms with Gasteiger partial charge in [0, 0.05) is 118 Å². The summed E-state index contributed by atoms with van der Waals surface area (Å²) in [6.07, 6.45) is 0.0386. The molecule has 0 aromatic carbocycles. The average molecular weight is 1750 g/mol. The van der Waals surface area contributed by atoms with Gasteiger partial charge in [0.05, 0.1) is 25.8 Å². The maximum Gasteiger partial charge on any atom is 0.205 e. The molecule has 7 aliphatic heterocycles. The van der Waals surface area contributed by atoms with E-state index in [0.717, 1.165) is 91.7 Å². The van der Waals surface area contributed by atoms with Crippen LogP contribution in [0.25, 0.3) is 0 Å². The molecule has 638 valence electrons. The molecule has 15 N–H and O–H groups in total. The number of nitrogens with one attached hydrogen (secondary N) is 11. The van der Waals surface area contributed by atoms with Crippen LogP contribution in [0.1, 0.15) is 87.4 Å². The summed E-state index contributed by atoms with van der Waals surface area (Å²) >= 11 is 11.9. The Kier molecular flexibility index (Phi) is 37.2. The SMILES string of the molecule is CC1N=C(N(C)C)N(C)C(N(C)Cc2ccsc2)=N1.CC1N=C(N(C)C)NC(=NCc2ccsc2)N1.CC1N=C(N(C)C)NC(N(C)Cc2ccsc2)=N1.CC1N=C(N)NC(=NCc2ccsc2)N1.CC1N=C(N)NC(N(C)Cc2ccsc2)=N1.CN=C1NC(=NCc2ccsc2)NC(C)N1.CN=C1NC(N(C)Cc2ccsc2)=NC(C)N1. The molecule has 0 aliphatic carbocycles. The zero-order valence-corrected chi connectivity index (χ0v) is 76.7. The van der Waals surface area contributed by atoms with Crippen LogP contribution in [0.5, 0.6) is 0 Å². The average Bonchev–Trinajstić information content (AvgIpc) is 0.923. The molecule has 1 fully saturated rings. The van der Waals surface area contributed by atoms with Crippen LogP contribution in [0.15, 0.2) is 188 Å². The van der Waals surface area contributed by atoms with Gasteiger partial charge in [-0.1, -0.05) is 0 Å². The van der Waals surface area contributed by atoms with Gasteiger partial charge in [-0.2, -0.15) is 79.4 Å². The predicted octanol–water partition coefficient (Wildman–Crippen LogP) is 7.24. The molecule has 0 amide bonds. The molecule has 7 unspecified atom stereocenters. The summed E-state index contributed by atoms with van der Waals surface area (Å²) in [6, 6.07) is 14.7. The van der Waals surface area contributed by atoms with E-state index in [0.29, 0.717) is 37.5 Å². The first-order chi connectivity index (χ1) is 56.5. The maximum atomic E-state index is 5.66. The number of guanidine groups is 14. The third-order valence-electron chi connectivity index (χ3n) is 16.7. The van der Waals surface area contributed by atoms with Crippen molar-refractivity contribution >= 4 is 163 Å². The fourth-order valence-corrected chi connectivity index (χ4v) is 15.7. The van der Waals surface area contributed by atoms with Crippen molar-refractivity contribution in [3.05, 3.63) is 157 Å². The molecule has 0 radical (unpaired) electrons. The molecule has 14 rings (SSSR count). The van der Waals surface area contributed by atoms with Gasteiger partial charge in [0.2, 0.25) is 41.7 Å². The third kappa shape index (κ3) is 31.8. The fourth-order valence-electron chi connectivity index (χ4n) is 11.1. The highest BCUT2D eigenvalue weighted by Gasteiger charge is 2.26. The van der Waals surface area contributed by atoms with E-state index in [4.69, 9.17) is 11.5 Å². The predicted molar refractivity (Wildman–Crippen MR) is 501 cm³/mol. The van der Waals surface area contributed by atoms with Crippen molar-refractivity contribution in [2.45, 2.75) is 137 Å². The Bertz CT molecular complexity index is 4570. The van der Waals surface area contributed by atoms with Crippen LogP contribution in [-0.4, -0.2) is 257 Å². The normalized spacial score (nSPS) is 21.2. The number of nitrogens with zero attached hydrogens (tertiary/aromatic N) is 22. The molecule has 7 aliphatic rings. The number of hydrogen-bond donors (Lipinski definition) is 13. The van der Waals surface area contributed by atoms with Gasteiger partial charge < -0.3 is 72.4 Å². The summed E-state index contributed by atoms with van der Waals surface area (Å²) < 4.78 is 0. The minimum Gasteiger partial charge on any atom is -0.370 e. The Morgan fingerprint density at radius 1 is 0.331 bits per heavy atom. The molecule has 35 nitrogen and oxygen atoms in total. The highest BCUT2D eigenvalue weighted by molar-refractivity contribution is 7.09. The second-order valence-electron chi connectivity index (χ2n) is 28.0. The van der Waals surface area contributed by atoms with Crippen molar-refractivity contribution in [1.82, 2.24) is 97.7 Å². The number of rotatable bonds is 14. The van der Waals surface area contributed by atoms with Crippen LogP contribution in [-0.2, 0) is 45.8 Å². The van der Waals surface area contributed by atoms with E-state index >= 15 is 0 Å². The molecule has 0 bridgehead atoms. The third-order valence-corrected chi connectivity index (χ3v) is 21.8. The van der Waals surface area contributed by atoms with Crippen LogP contribution in [0, 0.1) is 0 Å². The minimum atomic E-state index is -0.110. The highest BCUT2D eigenvalue weighted by Crippen LogP contribution is 2.18. The van der Waals surface area contributed by atoms with Gasteiger partial charge >= 0.3 is 0 Å². The number of hydrogen-bond acceptors (Lipinski definition) is 33. The summed E-state index contributed by atoms with van der Waals surface area (Å²) in [6.45, 7) is 19.3. The largest absolute Gasteiger partial charge is 0.370 e. The first-order valence-corrected chi connectivity index (χ1v) is 44.6. The van der Waals surface area contributed by atoms with Crippen molar-refractivity contribution in [1.29, 1.82) is 0 Å². The van der Waals surface area contributed by atoms with Crippen LogP contribution < -0.4 is 70.0 Å². The van der Waals surface area contributed by atoms with E-state index < -0.39 is 0 Å². The van der Waals surface area contributed by atoms with E-state index in [1.807, 2.05) is 149 Å². The quantitative estimate of drug-likeness (QED) is 0.0510. The van der Waals surface area contributed by atoms with Gasteiger partial charge in [-0.15, -0.1) is 0 Å². The maximum absolute atomic E-state index is 5.66. The summed E-state index contributed by atoms with van der Waals surface area (Å²) in [5.74, 6) is 10.6. The van der Waals surface area contributed by atoms with Crippen LogP contribution >= 0.6 is 79.4 Å². The minimum absolute atomic E-state index is 0.0209. The molecule has 7 aromatic rings. The summed E-state index contributed by atoms with van der Waals surface area (Å²) in [5.41, 5.74) is 20.1. The van der Waals surface area contributed by atoms with E-state index in [1.54, 1.807) is 93.5 Å².